The van der Waals surface area contributed by atoms with Crippen molar-refractivity contribution in [3.63, 3.8) is 0 Å². The molecule has 2 heterocycles. The van der Waals surface area contributed by atoms with Crippen molar-refractivity contribution in [1.82, 2.24) is 9.71 Å². The predicted octanol–water partition coefficient (Wildman–Crippen LogP) is 3.00. The zero-order valence-electron chi connectivity index (χ0n) is 17.0. The van der Waals surface area contributed by atoms with E-state index in [1.807, 2.05) is 12.1 Å². The summed E-state index contributed by atoms with van der Waals surface area (Å²) in [6, 6.07) is 9.93. The average molecular weight is 459 g/mol. The molecule has 1 aliphatic heterocycles. The number of rotatable bonds is 7. The van der Waals surface area contributed by atoms with Gasteiger partial charge in [0.15, 0.2) is 0 Å². The van der Waals surface area contributed by atoms with Gasteiger partial charge in [-0.2, -0.15) is 0 Å². The summed E-state index contributed by atoms with van der Waals surface area (Å²) in [6.45, 7) is 3.54. The van der Waals surface area contributed by atoms with E-state index in [0.29, 0.717) is 11.3 Å². The van der Waals surface area contributed by atoms with Crippen LogP contribution in [0.2, 0.25) is 0 Å². The number of hydrogen-bond acceptors (Lipinski definition) is 7. The van der Waals surface area contributed by atoms with Crippen LogP contribution in [0, 0.1) is 5.41 Å². The second-order valence-electron chi connectivity index (χ2n) is 8.02. The number of fused-ring (bicyclic) bond motifs is 3. The number of aromatic nitrogens is 1. The molecule has 0 fully saturated rings. The molecule has 0 saturated carbocycles. The largest absolute Gasteiger partial charge is 0.396 e. The fourth-order valence-electron chi connectivity index (χ4n) is 3.06. The molecule has 0 unspecified atom stereocenters. The average Bonchev–Trinajstić information content (AvgIpc) is 3.34. The summed E-state index contributed by atoms with van der Waals surface area (Å²) in [7, 11) is -3.69. The molecular formula is C21H22N4O4S2. The molecule has 3 aromatic rings. The number of anilines is 2. The first-order valence-electron chi connectivity index (χ1n) is 9.55. The first-order valence-corrected chi connectivity index (χ1v) is 11.9. The van der Waals surface area contributed by atoms with E-state index in [0.717, 1.165) is 21.5 Å². The van der Waals surface area contributed by atoms with Gasteiger partial charge in [0.05, 0.1) is 31.9 Å². The van der Waals surface area contributed by atoms with Gasteiger partial charge in [-0.3, -0.25) is 4.79 Å². The molecule has 0 atom stereocenters. The molecule has 4 N–H and O–H groups in total. The molecule has 0 bridgehead atoms. The highest BCUT2D eigenvalue weighted by molar-refractivity contribution is 7.89. The molecule has 4 rings (SSSR count). The van der Waals surface area contributed by atoms with Crippen molar-refractivity contribution >= 4 is 54.4 Å². The van der Waals surface area contributed by atoms with Crippen molar-refractivity contribution in [2.24, 2.45) is 5.41 Å². The van der Waals surface area contributed by atoms with E-state index in [2.05, 4.69) is 20.3 Å². The Bertz CT molecular complexity index is 1280. The molecule has 31 heavy (non-hydrogen) atoms. The maximum Gasteiger partial charge on any atom is 0.257 e. The molecular weight excluding hydrogens is 436 g/mol. The highest BCUT2D eigenvalue weighted by Crippen LogP contribution is 2.39. The highest BCUT2D eigenvalue weighted by Gasteiger charge is 2.27. The number of carbonyl (C=O) groups is 1. The van der Waals surface area contributed by atoms with Crippen molar-refractivity contribution in [3.8, 4) is 0 Å². The van der Waals surface area contributed by atoms with Gasteiger partial charge in [-0.15, -0.1) is 11.3 Å². The summed E-state index contributed by atoms with van der Waals surface area (Å²) < 4.78 is 28.4. The van der Waals surface area contributed by atoms with Gasteiger partial charge in [-0.25, -0.2) is 18.1 Å². The van der Waals surface area contributed by atoms with Crippen LogP contribution < -0.4 is 15.4 Å². The van der Waals surface area contributed by atoms with Crippen molar-refractivity contribution in [2.75, 3.05) is 23.8 Å². The summed E-state index contributed by atoms with van der Waals surface area (Å²) in [6.07, 6.45) is 1.62. The number of sulfonamides is 1. The monoisotopic (exact) mass is 458 g/mol. The van der Waals surface area contributed by atoms with E-state index < -0.39 is 15.4 Å². The Morgan fingerprint density at radius 2 is 1.94 bits per heavy atom. The van der Waals surface area contributed by atoms with E-state index in [4.69, 9.17) is 0 Å². The highest BCUT2D eigenvalue weighted by atomic mass is 32.2. The first-order chi connectivity index (χ1) is 14.7. The van der Waals surface area contributed by atoms with Gasteiger partial charge in [-0.05, 0) is 36.4 Å². The lowest BCUT2D eigenvalue weighted by Crippen LogP contribution is -2.36. The second kappa shape index (κ2) is 8.04. The van der Waals surface area contributed by atoms with Crippen molar-refractivity contribution in [3.05, 3.63) is 53.7 Å². The van der Waals surface area contributed by atoms with E-state index in [1.54, 1.807) is 37.7 Å². The Labute approximate surface area is 184 Å². The lowest BCUT2D eigenvalue weighted by molar-refractivity contribution is -0.110. The molecule has 0 aliphatic carbocycles. The third-order valence-electron chi connectivity index (χ3n) is 4.98. The number of nitrogens with zero attached hydrogens (tertiary/aromatic N) is 1. The summed E-state index contributed by atoms with van der Waals surface area (Å²) in [5, 5.41) is 15.2. The predicted molar refractivity (Wildman–Crippen MR) is 122 cm³/mol. The molecule has 2 aromatic carbocycles. The van der Waals surface area contributed by atoms with Crippen LogP contribution in [0.3, 0.4) is 0 Å². The smallest absolute Gasteiger partial charge is 0.257 e. The number of benzene rings is 2. The molecule has 1 aromatic heterocycles. The minimum absolute atomic E-state index is 0.120. The standard InChI is InChI=1S/C21H22N4O4S2/c1-21(2,11-26)10-24-31(28,29)14-5-3-13(4-6-14)22-9-15-18-16(25-20(15)27)7-8-17-19(18)30-12-23-17/h3-9,12,22,24,26H,10-11H2,1-2H3,(H,25,27)/b15-9-. The Morgan fingerprint density at radius 3 is 2.65 bits per heavy atom. The third kappa shape index (κ3) is 4.33. The minimum atomic E-state index is -3.69. The van der Waals surface area contributed by atoms with E-state index in [1.165, 1.54) is 23.5 Å². The van der Waals surface area contributed by atoms with E-state index >= 15 is 0 Å². The Morgan fingerprint density at radius 1 is 1.19 bits per heavy atom. The van der Waals surface area contributed by atoms with Gasteiger partial charge in [0.1, 0.15) is 0 Å². The van der Waals surface area contributed by atoms with Crippen LogP contribution in [-0.2, 0) is 14.8 Å². The molecule has 1 aliphatic rings. The molecule has 0 spiro atoms. The minimum Gasteiger partial charge on any atom is -0.396 e. The lowest BCUT2D eigenvalue weighted by atomic mass is 9.96. The van der Waals surface area contributed by atoms with Crippen molar-refractivity contribution in [1.29, 1.82) is 0 Å². The first kappa shape index (κ1) is 21.4. The molecule has 1 amide bonds. The van der Waals surface area contributed by atoms with Crippen LogP contribution in [-0.4, -0.2) is 37.6 Å². The van der Waals surface area contributed by atoms with Crippen molar-refractivity contribution in [2.45, 2.75) is 18.7 Å². The van der Waals surface area contributed by atoms with Gasteiger partial charge in [0.25, 0.3) is 5.91 Å². The molecule has 8 nitrogen and oxygen atoms in total. The number of hydrogen-bond donors (Lipinski definition) is 4. The van der Waals surface area contributed by atoms with Crippen LogP contribution in [0.1, 0.15) is 19.4 Å². The maximum atomic E-state index is 12.5. The van der Waals surface area contributed by atoms with Crippen LogP contribution in [0.25, 0.3) is 15.8 Å². The van der Waals surface area contributed by atoms with Gasteiger partial charge in [-0.1, -0.05) is 13.8 Å². The molecule has 0 radical (unpaired) electrons. The Balaban J connectivity index is 1.53. The zero-order valence-corrected chi connectivity index (χ0v) is 18.6. The van der Waals surface area contributed by atoms with Crippen molar-refractivity contribution < 1.29 is 18.3 Å². The second-order valence-corrected chi connectivity index (χ2v) is 10.6. The molecule has 0 saturated heterocycles. The van der Waals surface area contributed by atoms with Crippen LogP contribution >= 0.6 is 11.3 Å². The number of amides is 1. The fourth-order valence-corrected chi connectivity index (χ4v) is 5.15. The van der Waals surface area contributed by atoms with Gasteiger partial charge in [0.2, 0.25) is 10.0 Å². The number of nitrogens with one attached hydrogen (secondary N) is 3. The number of aliphatic hydroxyl groups is 1. The van der Waals surface area contributed by atoms with Crippen LogP contribution in [0.5, 0.6) is 0 Å². The summed E-state index contributed by atoms with van der Waals surface area (Å²) in [5.41, 5.74) is 4.71. The van der Waals surface area contributed by atoms with Gasteiger partial charge >= 0.3 is 0 Å². The van der Waals surface area contributed by atoms with Gasteiger partial charge < -0.3 is 15.7 Å². The van der Waals surface area contributed by atoms with Gasteiger partial charge in [0, 0.05) is 36.0 Å². The number of carbonyl (C=O) groups excluding carboxylic acids is 1. The fraction of sp³-hybridized carbons (Fsp3) is 0.238. The number of aliphatic hydroxyl groups excluding tert-OH is 1. The molecule has 10 heteroatoms. The van der Waals surface area contributed by atoms with E-state index in [9.17, 15) is 18.3 Å². The maximum absolute atomic E-state index is 12.5. The number of thiazole rings is 1. The van der Waals surface area contributed by atoms with E-state index in [-0.39, 0.29) is 24.0 Å². The topological polar surface area (TPSA) is 120 Å². The summed E-state index contributed by atoms with van der Waals surface area (Å²) in [5.74, 6) is -0.210. The Kier molecular flexibility index (Phi) is 5.56. The third-order valence-corrected chi connectivity index (χ3v) is 7.25. The Hall–Kier alpha value is -2.79. The van der Waals surface area contributed by atoms with Crippen LogP contribution in [0.4, 0.5) is 11.4 Å². The summed E-state index contributed by atoms with van der Waals surface area (Å²) >= 11 is 1.47. The quantitative estimate of drug-likeness (QED) is 0.404. The lowest BCUT2D eigenvalue weighted by Gasteiger charge is -2.21. The van der Waals surface area contributed by atoms with Crippen LogP contribution in [0.15, 0.2) is 53.0 Å². The molecule has 162 valence electrons. The normalized spacial score (nSPS) is 15.3. The SMILES string of the molecule is CC(C)(CO)CNS(=O)(=O)c1ccc(N/C=C2\C(=O)Nc3ccc4ncsc4c32)cc1. The summed E-state index contributed by atoms with van der Waals surface area (Å²) in [4.78, 5) is 16.9. The zero-order chi connectivity index (χ0) is 22.2.